The van der Waals surface area contributed by atoms with Gasteiger partial charge in [0.2, 0.25) is 0 Å². The van der Waals surface area contributed by atoms with Crippen molar-refractivity contribution in [1.82, 2.24) is 4.90 Å². The van der Waals surface area contributed by atoms with Gasteiger partial charge in [0.25, 0.3) is 5.91 Å². The summed E-state index contributed by atoms with van der Waals surface area (Å²) in [5, 5.41) is 0.405. The Hall–Kier alpha value is -1.40. The van der Waals surface area contributed by atoms with E-state index in [9.17, 15) is 9.59 Å². The summed E-state index contributed by atoms with van der Waals surface area (Å²) in [5.41, 5.74) is 6.51. The number of nitrogens with zero attached hydrogens (tertiary/aromatic N) is 1. The van der Waals surface area contributed by atoms with Crippen molar-refractivity contribution in [3.63, 3.8) is 0 Å². The zero-order valence-corrected chi connectivity index (χ0v) is 13.2. The molecule has 1 aliphatic rings. The second-order valence-electron chi connectivity index (χ2n) is 4.58. The number of nitrogen functional groups attached to an aromatic ring is 1. The Balaban J connectivity index is 2.21. The number of ether oxygens (including phenoxy) is 1. The number of hydrogen-bond donors (Lipinski definition) is 1. The Labute approximate surface area is 132 Å². The molecule has 1 atom stereocenters. The minimum absolute atomic E-state index is 0.225. The van der Waals surface area contributed by atoms with E-state index >= 15 is 0 Å². The minimum Gasteiger partial charge on any atom is -0.464 e. The Morgan fingerprint density at radius 3 is 2.95 bits per heavy atom. The lowest BCUT2D eigenvalue weighted by atomic mass is 10.1. The maximum Gasteiger partial charge on any atom is 0.329 e. The van der Waals surface area contributed by atoms with Gasteiger partial charge < -0.3 is 15.4 Å². The summed E-state index contributed by atoms with van der Waals surface area (Å²) < 4.78 is 5.05. The van der Waals surface area contributed by atoms with E-state index < -0.39 is 6.04 Å². The molecule has 1 aromatic rings. The largest absolute Gasteiger partial charge is 0.464 e. The lowest BCUT2D eigenvalue weighted by molar-refractivity contribution is -0.147. The van der Waals surface area contributed by atoms with Gasteiger partial charge in [0, 0.05) is 23.6 Å². The molecule has 1 fully saturated rings. The molecule has 2 N–H and O–H groups in total. The number of amides is 1. The molecule has 2 rings (SSSR count). The van der Waals surface area contributed by atoms with Gasteiger partial charge in [-0.1, -0.05) is 11.6 Å². The van der Waals surface area contributed by atoms with Gasteiger partial charge >= 0.3 is 5.97 Å². The number of carbonyl (C=O) groups is 2. The number of carbonyl (C=O) groups excluding carboxylic acids is 2. The molecule has 21 heavy (non-hydrogen) atoms. The van der Waals surface area contributed by atoms with E-state index in [0.717, 1.165) is 5.75 Å². The van der Waals surface area contributed by atoms with Gasteiger partial charge in [-0.3, -0.25) is 4.79 Å². The molecule has 1 amide bonds. The Morgan fingerprint density at radius 2 is 2.29 bits per heavy atom. The van der Waals surface area contributed by atoms with Crippen LogP contribution in [-0.2, 0) is 9.53 Å². The van der Waals surface area contributed by atoms with Crippen molar-refractivity contribution in [2.75, 3.05) is 30.4 Å². The molecular weight excluding hydrogens is 312 g/mol. The van der Waals surface area contributed by atoms with E-state index in [1.54, 1.807) is 35.7 Å². The standard InChI is InChI=1S/C14H17ClN2O3S/c1-2-20-14(19)12-8-21-6-5-17(12)13(18)9-3-4-10(15)11(16)7-9/h3-4,7,12H,2,5-6,8,16H2,1H3. The molecule has 0 saturated carbocycles. The van der Waals surface area contributed by atoms with E-state index in [1.807, 2.05) is 0 Å². The molecule has 114 valence electrons. The van der Waals surface area contributed by atoms with Gasteiger partial charge in [-0.2, -0.15) is 11.8 Å². The number of thioether (sulfide) groups is 1. The van der Waals surface area contributed by atoms with Crippen LogP contribution < -0.4 is 5.73 Å². The molecule has 0 bridgehead atoms. The van der Waals surface area contributed by atoms with Crippen LogP contribution in [0.3, 0.4) is 0 Å². The predicted octanol–water partition coefficient (Wildman–Crippen LogP) is 2.04. The smallest absolute Gasteiger partial charge is 0.329 e. The lowest BCUT2D eigenvalue weighted by Gasteiger charge is -2.33. The molecule has 1 unspecified atom stereocenters. The number of halogens is 1. The van der Waals surface area contributed by atoms with Crippen molar-refractivity contribution >= 4 is 40.9 Å². The van der Waals surface area contributed by atoms with Gasteiger partial charge in [0.1, 0.15) is 6.04 Å². The first kappa shape index (κ1) is 16.0. The van der Waals surface area contributed by atoms with Crippen molar-refractivity contribution in [2.24, 2.45) is 0 Å². The third-order valence-corrected chi connectivity index (χ3v) is 4.56. The number of benzene rings is 1. The van der Waals surface area contributed by atoms with Crippen LogP contribution in [-0.4, -0.2) is 47.5 Å². The second-order valence-corrected chi connectivity index (χ2v) is 6.13. The van der Waals surface area contributed by atoms with E-state index in [4.69, 9.17) is 22.1 Å². The van der Waals surface area contributed by atoms with Crippen LogP contribution in [0.2, 0.25) is 5.02 Å². The van der Waals surface area contributed by atoms with Crippen LogP contribution in [0.25, 0.3) is 0 Å². The highest BCUT2D eigenvalue weighted by Gasteiger charge is 2.34. The van der Waals surface area contributed by atoms with Gasteiger partial charge in [-0.25, -0.2) is 4.79 Å². The summed E-state index contributed by atoms with van der Waals surface area (Å²) in [5.74, 6) is 0.759. The van der Waals surface area contributed by atoms with E-state index in [0.29, 0.717) is 35.2 Å². The fourth-order valence-electron chi connectivity index (χ4n) is 2.12. The Kier molecular flexibility index (Phi) is 5.36. The normalized spacial score (nSPS) is 18.4. The summed E-state index contributed by atoms with van der Waals surface area (Å²) in [6, 6.07) is 4.19. The molecule has 0 aliphatic carbocycles. The lowest BCUT2D eigenvalue weighted by Crippen LogP contribution is -2.51. The number of hydrogen-bond acceptors (Lipinski definition) is 5. The van der Waals surface area contributed by atoms with Gasteiger partial charge in [0.15, 0.2) is 0 Å². The molecule has 0 spiro atoms. The van der Waals surface area contributed by atoms with Crippen LogP contribution in [0.15, 0.2) is 18.2 Å². The van der Waals surface area contributed by atoms with Crippen LogP contribution in [0.5, 0.6) is 0 Å². The fourth-order valence-corrected chi connectivity index (χ4v) is 3.27. The van der Waals surface area contributed by atoms with Crippen LogP contribution in [0.1, 0.15) is 17.3 Å². The van der Waals surface area contributed by atoms with Crippen LogP contribution >= 0.6 is 23.4 Å². The second kappa shape index (κ2) is 7.04. The van der Waals surface area contributed by atoms with Crippen LogP contribution in [0, 0.1) is 0 Å². The summed E-state index contributed by atoms with van der Waals surface area (Å²) in [7, 11) is 0. The zero-order valence-electron chi connectivity index (χ0n) is 11.7. The Morgan fingerprint density at radius 1 is 1.52 bits per heavy atom. The van der Waals surface area contributed by atoms with Crippen molar-refractivity contribution in [1.29, 1.82) is 0 Å². The average molecular weight is 329 g/mol. The Bertz CT molecular complexity index is 553. The first-order valence-corrected chi connectivity index (χ1v) is 8.18. The summed E-state index contributed by atoms with van der Waals surface area (Å²) in [4.78, 5) is 26.1. The van der Waals surface area contributed by atoms with E-state index in [2.05, 4.69) is 0 Å². The van der Waals surface area contributed by atoms with Crippen molar-refractivity contribution in [2.45, 2.75) is 13.0 Å². The van der Waals surface area contributed by atoms with E-state index in [-0.39, 0.29) is 11.9 Å². The topological polar surface area (TPSA) is 72.6 Å². The van der Waals surface area contributed by atoms with Crippen LogP contribution in [0.4, 0.5) is 5.69 Å². The van der Waals surface area contributed by atoms with Gasteiger partial charge in [-0.05, 0) is 25.1 Å². The molecule has 1 aromatic carbocycles. The molecule has 0 aromatic heterocycles. The number of nitrogens with two attached hydrogens (primary N) is 1. The third kappa shape index (κ3) is 3.63. The fraction of sp³-hybridized carbons (Fsp3) is 0.429. The van der Waals surface area contributed by atoms with E-state index in [1.165, 1.54) is 6.07 Å². The SMILES string of the molecule is CCOC(=O)C1CSCCN1C(=O)c1ccc(Cl)c(N)c1. The number of rotatable bonds is 3. The molecule has 1 heterocycles. The summed E-state index contributed by atoms with van der Waals surface area (Å²) in [6.45, 7) is 2.56. The molecule has 1 aliphatic heterocycles. The van der Waals surface area contributed by atoms with Gasteiger partial charge in [-0.15, -0.1) is 0 Å². The average Bonchev–Trinajstić information content (AvgIpc) is 2.49. The maximum atomic E-state index is 12.6. The number of esters is 1. The molecule has 1 saturated heterocycles. The first-order valence-electron chi connectivity index (χ1n) is 6.65. The predicted molar refractivity (Wildman–Crippen MR) is 84.6 cm³/mol. The van der Waals surface area contributed by atoms with Crippen molar-refractivity contribution in [3.8, 4) is 0 Å². The van der Waals surface area contributed by atoms with Crippen molar-refractivity contribution in [3.05, 3.63) is 28.8 Å². The van der Waals surface area contributed by atoms with Crippen molar-refractivity contribution < 1.29 is 14.3 Å². The summed E-state index contributed by atoms with van der Waals surface area (Å²) in [6.07, 6.45) is 0. The monoisotopic (exact) mass is 328 g/mol. The maximum absolute atomic E-state index is 12.6. The molecular formula is C14H17ClN2O3S. The molecule has 5 nitrogen and oxygen atoms in total. The zero-order chi connectivity index (χ0) is 15.4. The minimum atomic E-state index is -0.548. The highest BCUT2D eigenvalue weighted by atomic mass is 35.5. The van der Waals surface area contributed by atoms with Gasteiger partial charge in [0.05, 0.1) is 17.3 Å². The first-order chi connectivity index (χ1) is 10.0. The third-order valence-electron chi connectivity index (χ3n) is 3.19. The number of anilines is 1. The highest BCUT2D eigenvalue weighted by Crippen LogP contribution is 2.24. The highest BCUT2D eigenvalue weighted by molar-refractivity contribution is 7.99. The quantitative estimate of drug-likeness (QED) is 0.679. The molecule has 0 radical (unpaired) electrons. The molecule has 7 heteroatoms. The summed E-state index contributed by atoms with van der Waals surface area (Å²) >= 11 is 7.50.